The zero-order valence-electron chi connectivity index (χ0n) is 23.6. The van der Waals surface area contributed by atoms with Gasteiger partial charge in [0.15, 0.2) is 10.8 Å². The fourth-order valence-corrected chi connectivity index (χ4v) is 5.56. The molecule has 217 valence electrons. The summed E-state index contributed by atoms with van der Waals surface area (Å²) in [5, 5.41) is 2.72. The lowest BCUT2D eigenvalue weighted by molar-refractivity contribution is -0.153. The molecule has 9 nitrogen and oxygen atoms in total. The first-order chi connectivity index (χ1) is 19.5. The highest BCUT2D eigenvalue weighted by atomic mass is 35.5. The van der Waals surface area contributed by atoms with Gasteiger partial charge in [-0.15, -0.1) is 11.3 Å². The monoisotopic (exact) mass is 601 g/mol. The van der Waals surface area contributed by atoms with Crippen molar-refractivity contribution in [2.45, 2.75) is 45.3 Å². The smallest absolute Gasteiger partial charge is 0.331 e. The Hall–Kier alpha value is -3.06. The van der Waals surface area contributed by atoms with Crippen molar-refractivity contribution in [3.05, 3.63) is 74.6 Å². The van der Waals surface area contributed by atoms with Crippen molar-refractivity contribution >= 4 is 48.1 Å². The van der Waals surface area contributed by atoms with E-state index in [1.54, 1.807) is 39.1 Å². The third kappa shape index (κ3) is 7.43. The summed E-state index contributed by atoms with van der Waals surface area (Å²) in [6, 6.07) is 2.97. The van der Waals surface area contributed by atoms with Crippen LogP contribution >= 0.6 is 22.9 Å². The van der Waals surface area contributed by atoms with E-state index < -0.39 is 35.4 Å². The number of carbonyl (C=O) groups is 2. The number of aliphatic imine (C=N–C) groups is 1. The van der Waals surface area contributed by atoms with Crippen LogP contribution in [0.15, 0.2) is 58.2 Å². The number of halogens is 2. The summed E-state index contributed by atoms with van der Waals surface area (Å²) in [5.41, 5.74) is 1.11. The second-order valence-corrected chi connectivity index (χ2v) is 11.7. The maximum absolute atomic E-state index is 14.2. The number of methoxy groups -OCH3 is 1. The average molecular weight is 602 g/mol. The first kappa shape index (κ1) is 30.9. The molecule has 0 saturated carbocycles. The summed E-state index contributed by atoms with van der Waals surface area (Å²) in [4.78, 5) is 38.7. The van der Waals surface area contributed by atoms with E-state index in [4.69, 9.17) is 30.8 Å². The summed E-state index contributed by atoms with van der Waals surface area (Å²) in [6.45, 7) is 8.50. The number of hydrogen-bond donors (Lipinski definition) is 0. The molecule has 0 N–H and O–H groups in total. The van der Waals surface area contributed by atoms with E-state index in [1.807, 2.05) is 29.3 Å². The lowest BCUT2D eigenvalue weighted by Crippen LogP contribution is -2.51. The Morgan fingerprint density at radius 3 is 2.76 bits per heavy atom. The molecular formula is C28H32BClFN4O5S. The number of carbonyl (C=O) groups excluding carboxylic acids is 2. The van der Waals surface area contributed by atoms with Gasteiger partial charge in [0.05, 0.1) is 32.1 Å². The molecule has 0 spiro atoms. The van der Waals surface area contributed by atoms with Gasteiger partial charge in [-0.2, -0.15) is 0 Å². The van der Waals surface area contributed by atoms with Gasteiger partial charge in [-0.05, 0) is 44.5 Å². The Morgan fingerprint density at radius 2 is 2.12 bits per heavy atom. The van der Waals surface area contributed by atoms with Gasteiger partial charge in [0.1, 0.15) is 17.5 Å². The third-order valence-electron chi connectivity index (χ3n) is 6.42. The molecule has 1 saturated heterocycles. The van der Waals surface area contributed by atoms with Crippen LogP contribution in [0.2, 0.25) is 11.8 Å². The highest BCUT2D eigenvalue weighted by Crippen LogP contribution is 2.40. The van der Waals surface area contributed by atoms with Crippen LogP contribution in [0.3, 0.4) is 0 Å². The highest BCUT2D eigenvalue weighted by Gasteiger charge is 2.37. The maximum atomic E-state index is 14.2. The van der Waals surface area contributed by atoms with Crippen LogP contribution in [0.4, 0.5) is 4.39 Å². The van der Waals surface area contributed by atoms with Gasteiger partial charge in [0, 0.05) is 41.3 Å². The largest absolute Gasteiger partial charge is 0.468 e. The van der Waals surface area contributed by atoms with E-state index in [2.05, 4.69) is 4.98 Å². The van der Waals surface area contributed by atoms with Crippen LogP contribution < -0.4 is 0 Å². The van der Waals surface area contributed by atoms with E-state index in [0.29, 0.717) is 40.8 Å². The SMILES string of the molecule is C[B]N1C(c2nccs2)=NC(CN2CCOC[C@H]2C(=O)OC)=C(/C=C/C(=O)OC(C)(C)C)C1c1ccc(F)cc1Cl. The fourth-order valence-electron chi connectivity index (χ4n) is 4.66. The molecule has 2 aliphatic rings. The van der Waals surface area contributed by atoms with Gasteiger partial charge in [0.2, 0.25) is 7.41 Å². The zero-order valence-corrected chi connectivity index (χ0v) is 25.2. The van der Waals surface area contributed by atoms with Crippen molar-refractivity contribution in [2.24, 2.45) is 4.99 Å². The van der Waals surface area contributed by atoms with Crippen molar-refractivity contribution in [3.63, 3.8) is 0 Å². The molecule has 4 rings (SSSR count). The summed E-state index contributed by atoms with van der Waals surface area (Å²) in [6.07, 6.45) is 4.69. The van der Waals surface area contributed by atoms with E-state index in [-0.39, 0.29) is 18.2 Å². The molecule has 0 aliphatic carbocycles. The number of benzene rings is 1. The minimum atomic E-state index is -0.689. The second kappa shape index (κ2) is 13.3. The van der Waals surface area contributed by atoms with Crippen LogP contribution in [0, 0.1) is 5.82 Å². The Labute approximate surface area is 248 Å². The van der Waals surface area contributed by atoms with Gasteiger partial charge < -0.3 is 19.0 Å². The van der Waals surface area contributed by atoms with Crippen LogP contribution in [-0.4, -0.2) is 84.9 Å². The lowest BCUT2D eigenvalue weighted by atomic mass is 9.83. The summed E-state index contributed by atoms with van der Waals surface area (Å²) in [5.74, 6) is -0.869. The highest BCUT2D eigenvalue weighted by molar-refractivity contribution is 7.11. The summed E-state index contributed by atoms with van der Waals surface area (Å²) in [7, 11) is 3.18. The number of morpholine rings is 1. The van der Waals surface area contributed by atoms with Crippen LogP contribution in [0.1, 0.15) is 37.4 Å². The second-order valence-electron chi connectivity index (χ2n) is 10.4. The molecule has 2 atom stereocenters. The quantitative estimate of drug-likeness (QED) is 0.249. The molecule has 1 radical (unpaired) electrons. The van der Waals surface area contributed by atoms with Crippen LogP contribution in [-0.2, 0) is 23.8 Å². The van der Waals surface area contributed by atoms with Gasteiger partial charge in [-0.25, -0.2) is 19.2 Å². The van der Waals surface area contributed by atoms with Crippen molar-refractivity contribution < 1.29 is 28.2 Å². The predicted molar refractivity (Wildman–Crippen MR) is 156 cm³/mol. The fraction of sp³-hybridized carbons (Fsp3) is 0.429. The minimum Gasteiger partial charge on any atom is -0.468 e. The third-order valence-corrected chi connectivity index (χ3v) is 7.52. The standard InChI is InChI=1S/C28H32BClFN4O5S/c1-28(2,3)40-23(36)9-8-19-21(15-34-11-12-39-16-22(34)27(37)38-5)33-25(26-32-10-13-41-26)35(29-4)24(19)18-7-6-17(31)14-20(18)30/h6-10,13-14,22,24H,11-12,15-16H2,1-5H3/b9-8+/t22-,24?/m0/s1. The predicted octanol–water partition coefficient (Wildman–Crippen LogP) is 4.43. The van der Waals surface area contributed by atoms with E-state index in [1.165, 1.54) is 36.7 Å². The summed E-state index contributed by atoms with van der Waals surface area (Å²) < 4.78 is 30.3. The Kier molecular flexibility index (Phi) is 10.0. The number of thiazole rings is 1. The zero-order chi connectivity index (χ0) is 29.7. The number of amidine groups is 1. The molecule has 0 amide bonds. The first-order valence-corrected chi connectivity index (χ1v) is 14.3. The van der Waals surface area contributed by atoms with Gasteiger partial charge in [-0.1, -0.05) is 24.5 Å². The molecule has 3 heterocycles. The van der Waals surface area contributed by atoms with E-state index >= 15 is 0 Å². The number of aromatic nitrogens is 1. The number of nitrogens with zero attached hydrogens (tertiary/aromatic N) is 4. The van der Waals surface area contributed by atoms with Gasteiger partial charge in [-0.3, -0.25) is 9.69 Å². The topological polar surface area (TPSA) is 93.6 Å². The summed E-state index contributed by atoms with van der Waals surface area (Å²) >= 11 is 8.05. The molecule has 41 heavy (non-hydrogen) atoms. The van der Waals surface area contributed by atoms with E-state index in [9.17, 15) is 14.0 Å². The molecule has 13 heteroatoms. The molecule has 2 aromatic rings. The van der Waals surface area contributed by atoms with E-state index in [0.717, 1.165) is 0 Å². The van der Waals surface area contributed by atoms with Crippen molar-refractivity contribution in [1.29, 1.82) is 0 Å². The minimum absolute atomic E-state index is 0.175. The van der Waals surface area contributed by atoms with Crippen molar-refractivity contribution in [2.75, 3.05) is 33.4 Å². The van der Waals surface area contributed by atoms with Crippen LogP contribution in [0.5, 0.6) is 0 Å². The molecule has 1 aromatic carbocycles. The normalized spacial score (nSPS) is 20.3. The van der Waals surface area contributed by atoms with Crippen molar-refractivity contribution in [3.8, 4) is 0 Å². The lowest BCUT2D eigenvalue weighted by Gasteiger charge is -2.40. The molecule has 1 aromatic heterocycles. The molecule has 0 bridgehead atoms. The van der Waals surface area contributed by atoms with Crippen molar-refractivity contribution in [1.82, 2.24) is 14.7 Å². The number of esters is 2. The number of hydrogen-bond acceptors (Lipinski definition) is 10. The number of rotatable bonds is 8. The Balaban J connectivity index is 1.91. The Morgan fingerprint density at radius 1 is 1.34 bits per heavy atom. The molecule has 1 fully saturated rings. The first-order valence-electron chi connectivity index (χ1n) is 13.1. The molecule has 1 unspecified atom stereocenters. The molecule has 2 aliphatic heterocycles. The van der Waals surface area contributed by atoms with Gasteiger partial charge in [0.25, 0.3) is 0 Å². The van der Waals surface area contributed by atoms with Crippen LogP contribution in [0.25, 0.3) is 0 Å². The maximum Gasteiger partial charge on any atom is 0.331 e. The number of ether oxygens (including phenoxy) is 3. The van der Waals surface area contributed by atoms with Gasteiger partial charge >= 0.3 is 11.9 Å². The average Bonchev–Trinajstić information content (AvgIpc) is 3.46. The Bertz CT molecular complexity index is 1360. The molecular weight excluding hydrogens is 570 g/mol.